The highest BCUT2D eigenvalue weighted by molar-refractivity contribution is 5.52. The maximum atomic E-state index is 13.1. The molecular weight excluding hydrogens is 191 g/mol. The van der Waals surface area contributed by atoms with Gasteiger partial charge in [-0.2, -0.15) is 5.26 Å². The number of likely N-dealkylation sites (N-methyl/N-ethyl adjacent to an activating group) is 1. The van der Waals surface area contributed by atoms with E-state index in [-0.39, 0.29) is 5.82 Å². The monoisotopic (exact) mass is 204 g/mol. The summed E-state index contributed by atoms with van der Waals surface area (Å²) >= 11 is 0. The molecule has 0 heterocycles. The molecule has 0 saturated carbocycles. The van der Waals surface area contributed by atoms with Crippen LogP contribution >= 0.6 is 0 Å². The molecule has 0 aliphatic rings. The quantitative estimate of drug-likeness (QED) is 0.705. The normalized spacial score (nSPS) is 9.40. The van der Waals surface area contributed by atoms with Crippen molar-refractivity contribution < 1.29 is 4.39 Å². The maximum absolute atomic E-state index is 13.1. The smallest absolute Gasteiger partial charge is 0.126 e. The van der Waals surface area contributed by atoms with Gasteiger partial charge in [-0.1, -0.05) is 6.08 Å². The van der Waals surface area contributed by atoms with E-state index >= 15 is 0 Å². The molecule has 2 nitrogen and oxygen atoms in total. The van der Waals surface area contributed by atoms with Crippen molar-refractivity contribution in [2.24, 2.45) is 0 Å². The Bertz CT molecular complexity index is 393. The topological polar surface area (TPSA) is 27.0 Å². The number of benzene rings is 1. The molecule has 0 aliphatic carbocycles. The van der Waals surface area contributed by atoms with E-state index in [1.807, 2.05) is 17.9 Å². The molecule has 0 atom stereocenters. The molecule has 0 aliphatic heterocycles. The van der Waals surface area contributed by atoms with Crippen LogP contribution in [0, 0.1) is 17.1 Å². The van der Waals surface area contributed by atoms with Crippen LogP contribution in [0.1, 0.15) is 12.5 Å². The van der Waals surface area contributed by atoms with Gasteiger partial charge in [0.15, 0.2) is 0 Å². The van der Waals surface area contributed by atoms with Gasteiger partial charge in [0.2, 0.25) is 0 Å². The minimum Gasteiger partial charge on any atom is -0.368 e. The van der Waals surface area contributed by atoms with Crippen molar-refractivity contribution in [3.05, 3.63) is 42.2 Å². The molecule has 1 rings (SSSR count). The van der Waals surface area contributed by atoms with E-state index in [0.29, 0.717) is 17.8 Å². The average Bonchev–Trinajstić information content (AvgIpc) is 2.24. The highest BCUT2D eigenvalue weighted by Gasteiger charge is 2.05. The molecule has 0 amide bonds. The Balaban J connectivity index is 3.06. The zero-order valence-corrected chi connectivity index (χ0v) is 8.70. The molecule has 78 valence electrons. The average molecular weight is 204 g/mol. The first-order valence-electron chi connectivity index (χ1n) is 4.77. The lowest BCUT2D eigenvalue weighted by molar-refractivity contribution is 0.626. The zero-order chi connectivity index (χ0) is 11.3. The fourth-order valence-corrected chi connectivity index (χ4v) is 1.39. The van der Waals surface area contributed by atoms with Crippen LogP contribution in [0.4, 0.5) is 10.1 Å². The summed E-state index contributed by atoms with van der Waals surface area (Å²) in [4.78, 5) is 1.94. The van der Waals surface area contributed by atoms with Gasteiger partial charge in [0, 0.05) is 18.8 Å². The first kappa shape index (κ1) is 11.3. The number of hydrogen-bond acceptors (Lipinski definition) is 2. The fourth-order valence-electron chi connectivity index (χ4n) is 1.39. The van der Waals surface area contributed by atoms with Gasteiger partial charge >= 0.3 is 0 Å². The van der Waals surface area contributed by atoms with Gasteiger partial charge in [0.1, 0.15) is 5.82 Å². The highest BCUT2D eigenvalue weighted by atomic mass is 19.1. The van der Waals surface area contributed by atoms with Crippen molar-refractivity contribution in [3.8, 4) is 6.07 Å². The van der Waals surface area contributed by atoms with Gasteiger partial charge in [-0.05, 0) is 25.1 Å². The molecule has 0 radical (unpaired) electrons. The second-order valence-corrected chi connectivity index (χ2v) is 3.14. The summed E-state index contributed by atoms with van der Waals surface area (Å²) in [5.74, 6) is -0.383. The van der Waals surface area contributed by atoms with Gasteiger partial charge in [0.05, 0.1) is 11.6 Å². The first-order valence-corrected chi connectivity index (χ1v) is 4.77. The van der Waals surface area contributed by atoms with E-state index in [4.69, 9.17) is 5.26 Å². The van der Waals surface area contributed by atoms with Crippen LogP contribution in [0.3, 0.4) is 0 Å². The number of halogens is 1. The van der Waals surface area contributed by atoms with Crippen LogP contribution in [0.25, 0.3) is 0 Å². The van der Waals surface area contributed by atoms with E-state index in [0.717, 1.165) is 6.54 Å². The molecule has 0 spiro atoms. The molecule has 0 bridgehead atoms. The second kappa shape index (κ2) is 5.16. The lowest BCUT2D eigenvalue weighted by atomic mass is 10.2. The van der Waals surface area contributed by atoms with Crippen LogP contribution in [-0.2, 0) is 0 Å². The molecule has 1 aromatic carbocycles. The SMILES string of the molecule is C=CCN(CC)c1cc(F)cc(C#N)c1. The molecule has 0 saturated heterocycles. The van der Waals surface area contributed by atoms with Crippen LogP contribution in [0.5, 0.6) is 0 Å². The molecule has 0 N–H and O–H groups in total. The van der Waals surface area contributed by atoms with E-state index in [9.17, 15) is 4.39 Å². The van der Waals surface area contributed by atoms with Gasteiger partial charge < -0.3 is 4.90 Å². The van der Waals surface area contributed by atoms with Crippen LogP contribution in [-0.4, -0.2) is 13.1 Å². The van der Waals surface area contributed by atoms with Gasteiger partial charge in [-0.25, -0.2) is 4.39 Å². The van der Waals surface area contributed by atoms with Crippen LogP contribution < -0.4 is 4.90 Å². The molecule has 0 unspecified atom stereocenters. The molecule has 0 fully saturated rings. The Morgan fingerprint density at radius 3 is 2.80 bits per heavy atom. The number of nitrogens with zero attached hydrogens (tertiary/aromatic N) is 2. The number of anilines is 1. The minimum absolute atomic E-state index is 0.340. The Kier molecular flexibility index (Phi) is 3.87. The summed E-state index contributed by atoms with van der Waals surface area (Å²) in [6.07, 6.45) is 1.75. The second-order valence-electron chi connectivity index (χ2n) is 3.14. The van der Waals surface area contributed by atoms with E-state index < -0.39 is 0 Å². The molecular formula is C12H13FN2. The lowest BCUT2D eigenvalue weighted by Crippen LogP contribution is -2.22. The van der Waals surface area contributed by atoms with Crippen LogP contribution in [0.2, 0.25) is 0 Å². The summed E-state index contributed by atoms with van der Waals surface area (Å²) in [5, 5.41) is 8.72. The largest absolute Gasteiger partial charge is 0.368 e. The molecule has 0 aromatic heterocycles. The maximum Gasteiger partial charge on any atom is 0.126 e. The van der Waals surface area contributed by atoms with Crippen molar-refractivity contribution >= 4 is 5.69 Å². The third-order valence-electron chi connectivity index (χ3n) is 2.11. The Labute approximate surface area is 89.2 Å². The predicted octanol–water partition coefficient (Wildman–Crippen LogP) is 2.71. The summed E-state index contributed by atoms with van der Waals surface area (Å²) in [6.45, 7) is 7.01. The van der Waals surface area contributed by atoms with Gasteiger partial charge in [-0.3, -0.25) is 0 Å². The van der Waals surface area contributed by atoms with Gasteiger partial charge in [0.25, 0.3) is 0 Å². The zero-order valence-electron chi connectivity index (χ0n) is 8.70. The molecule has 1 aromatic rings. The third-order valence-corrected chi connectivity index (χ3v) is 2.11. The van der Waals surface area contributed by atoms with Crippen molar-refractivity contribution in [3.63, 3.8) is 0 Å². The predicted molar refractivity (Wildman–Crippen MR) is 59.2 cm³/mol. The summed E-state index contributed by atoms with van der Waals surface area (Å²) < 4.78 is 13.1. The van der Waals surface area contributed by atoms with Crippen molar-refractivity contribution in [1.82, 2.24) is 0 Å². The number of nitriles is 1. The first-order chi connectivity index (χ1) is 7.21. The van der Waals surface area contributed by atoms with Crippen LogP contribution in [0.15, 0.2) is 30.9 Å². The third kappa shape index (κ3) is 2.81. The Morgan fingerprint density at radius 1 is 1.53 bits per heavy atom. The molecule has 15 heavy (non-hydrogen) atoms. The van der Waals surface area contributed by atoms with Crippen molar-refractivity contribution in [2.45, 2.75) is 6.92 Å². The summed E-state index contributed by atoms with van der Waals surface area (Å²) in [7, 11) is 0. The van der Waals surface area contributed by atoms with E-state index in [1.165, 1.54) is 12.1 Å². The Hall–Kier alpha value is -1.82. The fraction of sp³-hybridized carbons (Fsp3) is 0.250. The van der Waals surface area contributed by atoms with E-state index in [1.54, 1.807) is 12.1 Å². The minimum atomic E-state index is -0.383. The van der Waals surface area contributed by atoms with Gasteiger partial charge in [-0.15, -0.1) is 6.58 Å². The molecule has 3 heteroatoms. The number of hydrogen-bond donors (Lipinski definition) is 0. The lowest BCUT2D eigenvalue weighted by Gasteiger charge is -2.21. The summed E-state index contributed by atoms with van der Waals surface area (Å²) in [6, 6.07) is 6.27. The number of rotatable bonds is 4. The van der Waals surface area contributed by atoms with Crippen molar-refractivity contribution in [1.29, 1.82) is 5.26 Å². The summed E-state index contributed by atoms with van der Waals surface area (Å²) in [5.41, 5.74) is 1.06. The van der Waals surface area contributed by atoms with Crippen molar-refractivity contribution in [2.75, 3.05) is 18.0 Å². The Morgan fingerprint density at radius 2 is 2.27 bits per heavy atom. The standard InChI is InChI=1S/C12H13FN2/c1-3-5-15(4-2)12-7-10(9-14)6-11(13)8-12/h3,6-8H,1,4-5H2,2H3. The van der Waals surface area contributed by atoms with E-state index in [2.05, 4.69) is 6.58 Å². The highest BCUT2D eigenvalue weighted by Crippen LogP contribution is 2.18.